The molecule has 0 saturated heterocycles. The maximum atomic E-state index is 12.3. The molecule has 2 aromatic rings. The van der Waals surface area contributed by atoms with Gasteiger partial charge in [-0.1, -0.05) is 60.7 Å². The molecule has 2 aliphatic carbocycles. The fraction of sp³-hybridized carbons (Fsp3) is 0.419. The quantitative estimate of drug-likeness (QED) is 0.454. The molecular formula is C31H38N2O2. The van der Waals surface area contributed by atoms with Gasteiger partial charge >= 0.3 is 0 Å². The van der Waals surface area contributed by atoms with Gasteiger partial charge in [-0.15, -0.1) is 0 Å². The fourth-order valence-corrected chi connectivity index (χ4v) is 5.53. The molecule has 0 heterocycles. The van der Waals surface area contributed by atoms with Crippen LogP contribution in [0.2, 0.25) is 0 Å². The van der Waals surface area contributed by atoms with E-state index >= 15 is 0 Å². The van der Waals surface area contributed by atoms with Gasteiger partial charge in [0.15, 0.2) is 0 Å². The average molecular weight is 471 g/mol. The Balaban J connectivity index is 1.10. The zero-order valence-electron chi connectivity index (χ0n) is 20.6. The molecule has 0 aromatic heterocycles. The van der Waals surface area contributed by atoms with Crippen molar-refractivity contribution < 1.29 is 9.59 Å². The van der Waals surface area contributed by atoms with Crippen LogP contribution >= 0.6 is 0 Å². The van der Waals surface area contributed by atoms with Gasteiger partial charge in [0.05, 0.1) is 0 Å². The Kier molecular flexibility index (Phi) is 9.33. The monoisotopic (exact) mass is 470 g/mol. The van der Waals surface area contributed by atoms with Gasteiger partial charge in [-0.3, -0.25) is 9.59 Å². The van der Waals surface area contributed by atoms with Crippen molar-refractivity contribution in [2.75, 3.05) is 0 Å². The van der Waals surface area contributed by atoms with E-state index in [1.807, 2.05) is 72.8 Å². The van der Waals surface area contributed by atoms with Crippen molar-refractivity contribution >= 4 is 24.0 Å². The van der Waals surface area contributed by atoms with Gasteiger partial charge in [0.2, 0.25) is 11.8 Å². The summed E-state index contributed by atoms with van der Waals surface area (Å²) in [4.78, 5) is 24.5. The fourth-order valence-electron chi connectivity index (χ4n) is 5.53. The standard InChI is InChI=1S/C31H38N2O2/c34-30(21-15-24-7-3-1-4-8-24)32-28-17-11-26(12-18-28)23-27-13-19-29(20-14-27)33-31(35)22-16-25-9-5-2-6-10-25/h1-10,15-16,21-22,26-29H,11-14,17-20,23H2,(H,32,34)(H,33,35)/b21-15+,22-16+. The zero-order valence-corrected chi connectivity index (χ0v) is 20.6. The van der Waals surface area contributed by atoms with Crippen molar-refractivity contribution in [1.29, 1.82) is 0 Å². The van der Waals surface area contributed by atoms with Crippen LogP contribution in [0.3, 0.4) is 0 Å². The van der Waals surface area contributed by atoms with E-state index in [-0.39, 0.29) is 11.8 Å². The maximum Gasteiger partial charge on any atom is 0.244 e. The van der Waals surface area contributed by atoms with Crippen LogP contribution in [0.15, 0.2) is 72.8 Å². The second-order valence-electron chi connectivity index (χ2n) is 10.2. The molecule has 0 aliphatic heterocycles. The average Bonchev–Trinajstić information content (AvgIpc) is 2.90. The molecule has 2 aromatic carbocycles. The van der Waals surface area contributed by atoms with Gasteiger partial charge in [-0.05, 0) is 92.9 Å². The van der Waals surface area contributed by atoms with Crippen LogP contribution < -0.4 is 10.6 Å². The third-order valence-corrected chi connectivity index (χ3v) is 7.51. The lowest BCUT2D eigenvalue weighted by Crippen LogP contribution is -2.38. The van der Waals surface area contributed by atoms with Crippen LogP contribution in [-0.4, -0.2) is 23.9 Å². The van der Waals surface area contributed by atoms with Crippen molar-refractivity contribution in [3.8, 4) is 0 Å². The Labute approximate surface area is 209 Å². The van der Waals surface area contributed by atoms with E-state index in [2.05, 4.69) is 10.6 Å². The predicted molar refractivity (Wildman–Crippen MR) is 143 cm³/mol. The molecule has 2 N–H and O–H groups in total. The van der Waals surface area contributed by atoms with Crippen LogP contribution in [0.25, 0.3) is 12.2 Å². The summed E-state index contributed by atoms with van der Waals surface area (Å²) in [6, 6.07) is 20.5. The molecule has 2 amide bonds. The molecule has 4 nitrogen and oxygen atoms in total. The summed E-state index contributed by atoms with van der Waals surface area (Å²) in [5.74, 6) is 1.56. The second-order valence-corrected chi connectivity index (χ2v) is 10.2. The number of hydrogen-bond donors (Lipinski definition) is 2. The molecule has 4 heteroatoms. The molecule has 0 unspecified atom stereocenters. The van der Waals surface area contributed by atoms with Crippen LogP contribution in [-0.2, 0) is 9.59 Å². The van der Waals surface area contributed by atoms with Crippen molar-refractivity contribution in [1.82, 2.24) is 10.6 Å². The van der Waals surface area contributed by atoms with Crippen molar-refractivity contribution in [2.24, 2.45) is 11.8 Å². The van der Waals surface area contributed by atoms with E-state index in [4.69, 9.17) is 0 Å². The summed E-state index contributed by atoms with van der Waals surface area (Å²) >= 11 is 0. The largest absolute Gasteiger partial charge is 0.350 e. The Hall–Kier alpha value is -3.14. The molecule has 2 saturated carbocycles. The van der Waals surface area contributed by atoms with E-state index < -0.39 is 0 Å². The predicted octanol–water partition coefficient (Wildman–Crippen LogP) is 6.15. The minimum atomic E-state index is 0.0104. The molecule has 0 bridgehead atoms. The summed E-state index contributed by atoms with van der Waals surface area (Å²) < 4.78 is 0. The first-order chi connectivity index (χ1) is 17.1. The van der Waals surface area contributed by atoms with E-state index in [1.54, 1.807) is 12.2 Å². The Bertz CT molecular complexity index is 902. The lowest BCUT2D eigenvalue weighted by Gasteiger charge is -2.34. The van der Waals surface area contributed by atoms with Gasteiger partial charge in [-0.25, -0.2) is 0 Å². The van der Waals surface area contributed by atoms with Crippen LogP contribution in [0.5, 0.6) is 0 Å². The summed E-state index contributed by atoms with van der Waals surface area (Å²) in [6.07, 6.45) is 17.5. The van der Waals surface area contributed by atoms with E-state index in [1.165, 1.54) is 32.1 Å². The van der Waals surface area contributed by atoms with Crippen molar-refractivity contribution in [2.45, 2.75) is 69.9 Å². The summed E-state index contributed by atoms with van der Waals surface area (Å²) in [5, 5.41) is 6.37. The van der Waals surface area contributed by atoms with Gasteiger partial charge in [-0.2, -0.15) is 0 Å². The summed E-state index contributed by atoms with van der Waals surface area (Å²) in [7, 11) is 0. The topological polar surface area (TPSA) is 58.2 Å². The third kappa shape index (κ3) is 8.54. The van der Waals surface area contributed by atoms with Gasteiger partial charge in [0.1, 0.15) is 0 Å². The van der Waals surface area contributed by atoms with Crippen LogP contribution in [0, 0.1) is 11.8 Å². The van der Waals surface area contributed by atoms with Gasteiger partial charge < -0.3 is 10.6 Å². The third-order valence-electron chi connectivity index (χ3n) is 7.51. The SMILES string of the molecule is O=C(/C=C/c1ccccc1)NC1CCC(CC2CCC(NC(=O)/C=C/c3ccccc3)CC2)CC1. The summed E-state index contributed by atoms with van der Waals surface area (Å²) in [6.45, 7) is 0. The lowest BCUT2D eigenvalue weighted by molar-refractivity contribution is -0.118. The number of amides is 2. The molecule has 2 fully saturated rings. The van der Waals surface area contributed by atoms with Gasteiger partial charge in [0, 0.05) is 24.2 Å². The molecular weight excluding hydrogens is 432 g/mol. The van der Waals surface area contributed by atoms with Crippen LogP contribution in [0.1, 0.15) is 68.9 Å². The number of hydrogen-bond acceptors (Lipinski definition) is 2. The second kappa shape index (κ2) is 13.1. The Morgan fingerprint density at radius 1 is 0.600 bits per heavy atom. The first-order valence-corrected chi connectivity index (χ1v) is 13.2. The lowest BCUT2D eigenvalue weighted by atomic mass is 9.75. The molecule has 184 valence electrons. The normalized spacial score (nSPS) is 24.9. The highest BCUT2D eigenvalue weighted by Gasteiger charge is 2.27. The number of nitrogens with one attached hydrogen (secondary N) is 2. The van der Waals surface area contributed by atoms with Crippen molar-refractivity contribution in [3.05, 3.63) is 83.9 Å². The number of carbonyl (C=O) groups excluding carboxylic acids is 2. The first-order valence-electron chi connectivity index (χ1n) is 13.2. The number of carbonyl (C=O) groups is 2. The molecule has 0 radical (unpaired) electrons. The van der Waals surface area contributed by atoms with E-state index in [0.29, 0.717) is 12.1 Å². The highest BCUT2D eigenvalue weighted by atomic mass is 16.2. The van der Waals surface area contributed by atoms with E-state index in [0.717, 1.165) is 48.6 Å². The number of benzene rings is 2. The molecule has 0 atom stereocenters. The smallest absolute Gasteiger partial charge is 0.244 e. The summed E-state index contributed by atoms with van der Waals surface area (Å²) in [5.41, 5.74) is 2.09. The molecule has 4 rings (SSSR count). The Morgan fingerprint density at radius 3 is 1.34 bits per heavy atom. The Morgan fingerprint density at radius 2 is 0.971 bits per heavy atom. The number of rotatable bonds is 8. The zero-order chi connectivity index (χ0) is 24.3. The minimum Gasteiger partial charge on any atom is -0.350 e. The maximum absolute atomic E-state index is 12.3. The highest BCUT2D eigenvalue weighted by molar-refractivity contribution is 5.92. The van der Waals surface area contributed by atoms with Crippen molar-refractivity contribution in [3.63, 3.8) is 0 Å². The highest BCUT2D eigenvalue weighted by Crippen LogP contribution is 2.35. The first kappa shape index (κ1) is 25.0. The van der Waals surface area contributed by atoms with Crippen LogP contribution in [0.4, 0.5) is 0 Å². The minimum absolute atomic E-state index is 0.0104. The van der Waals surface area contributed by atoms with Gasteiger partial charge in [0.25, 0.3) is 0 Å². The molecule has 0 spiro atoms. The molecule has 2 aliphatic rings. The van der Waals surface area contributed by atoms with E-state index in [9.17, 15) is 9.59 Å². The molecule has 35 heavy (non-hydrogen) atoms.